The van der Waals surface area contributed by atoms with Crippen LogP contribution in [-0.4, -0.2) is 53.4 Å². The number of halogens is 1. The second-order valence-electron chi connectivity index (χ2n) is 5.03. The highest BCUT2D eigenvalue weighted by Crippen LogP contribution is 2.27. The van der Waals surface area contributed by atoms with Crippen LogP contribution in [0.15, 0.2) is 0 Å². The first-order chi connectivity index (χ1) is 8.51. The van der Waals surface area contributed by atoms with Gasteiger partial charge in [-0.2, -0.15) is 0 Å². The number of alkyl halides is 1. The molecule has 0 aromatic rings. The van der Waals surface area contributed by atoms with Gasteiger partial charge in [-0.1, -0.05) is 0 Å². The van der Waals surface area contributed by atoms with E-state index in [-0.39, 0.29) is 37.9 Å². The highest BCUT2D eigenvalue weighted by molar-refractivity contribution is 5.82. The van der Waals surface area contributed by atoms with Gasteiger partial charge in [-0.3, -0.25) is 4.79 Å². The Kier molecular flexibility index (Phi) is 3.85. The molecule has 1 N–H and O–H groups in total. The maximum Gasteiger partial charge on any atom is 0.343 e. The molecular formula is C12H18FNO4. The molecule has 0 saturated carbocycles. The van der Waals surface area contributed by atoms with Gasteiger partial charge in [-0.25, -0.2) is 9.18 Å². The number of aliphatic carboxylic acids is 1. The third-order valence-electron chi connectivity index (χ3n) is 3.63. The first-order valence-electron chi connectivity index (χ1n) is 6.33. The smallest absolute Gasteiger partial charge is 0.343 e. The fourth-order valence-corrected chi connectivity index (χ4v) is 2.45. The average molecular weight is 259 g/mol. The highest BCUT2D eigenvalue weighted by Gasteiger charge is 2.46. The largest absolute Gasteiger partial charge is 0.479 e. The normalized spacial score (nSPS) is 32.5. The summed E-state index contributed by atoms with van der Waals surface area (Å²) in [6.45, 7) is 0.502. The Bertz CT molecular complexity index is 343. The van der Waals surface area contributed by atoms with Gasteiger partial charge in [0.2, 0.25) is 11.6 Å². The lowest BCUT2D eigenvalue weighted by atomic mass is 10.1. The molecule has 102 valence electrons. The lowest BCUT2D eigenvalue weighted by Gasteiger charge is -2.24. The molecule has 5 nitrogen and oxygen atoms in total. The van der Waals surface area contributed by atoms with Crippen LogP contribution in [0.4, 0.5) is 4.39 Å². The van der Waals surface area contributed by atoms with Crippen LogP contribution in [0.5, 0.6) is 0 Å². The molecular weight excluding hydrogens is 241 g/mol. The van der Waals surface area contributed by atoms with E-state index >= 15 is 0 Å². The second-order valence-corrected chi connectivity index (χ2v) is 5.03. The standard InChI is InChI=1S/C12H18FNO4/c13-12(11(16)17)4-5-14(8-12)10(15)7-9-3-1-2-6-18-9/h9H,1-8H2,(H,16,17)/t9-,12-/m0/s1. The van der Waals surface area contributed by atoms with E-state index in [0.29, 0.717) is 6.61 Å². The van der Waals surface area contributed by atoms with E-state index in [4.69, 9.17) is 9.84 Å². The van der Waals surface area contributed by atoms with Crippen LogP contribution >= 0.6 is 0 Å². The number of nitrogens with zero attached hydrogens (tertiary/aromatic N) is 1. The number of carbonyl (C=O) groups is 2. The molecule has 0 aromatic heterocycles. The number of amides is 1. The Morgan fingerprint density at radius 1 is 1.44 bits per heavy atom. The number of ether oxygens (including phenoxy) is 1. The molecule has 2 aliphatic heterocycles. The number of carbonyl (C=O) groups excluding carboxylic acids is 1. The van der Waals surface area contributed by atoms with Crippen LogP contribution in [0, 0.1) is 0 Å². The molecule has 0 radical (unpaired) electrons. The van der Waals surface area contributed by atoms with Crippen molar-refractivity contribution >= 4 is 11.9 Å². The van der Waals surface area contributed by atoms with Crippen molar-refractivity contribution in [2.24, 2.45) is 0 Å². The molecule has 2 saturated heterocycles. The van der Waals surface area contributed by atoms with Gasteiger partial charge < -0.3 is 14.7 Å². The van der Waals surface area contributed by atoms with Crippen LogP contribution in [-0.2, 0) is 14.3 Å². The minimum Gasteiger partial charge on any atom is -0.479 e. The van der Waals surface area contributed by atoms with E-state index in [9.17, 15) is 14.0 Å². The Hall–Kier alpha value is -1.17. The number of likely N-dealkylation sites (tertiary alicyclic amines) is 1. The molecule has 2 aliphatic rings. The van der Waals surface area contributed by atoms with E-state index in [2.05, 4.69) is 0 Å². The van der Waals surface area contributed by atoms with Crippen molar-refractivity contribution in [1.82, 2.24) is 4.90 Å². The van der Waals surface area contributed by atoms with E-state index in [0.717, 1.165) is 19.3 Å². The molecule has 2 heterocycles. The molecule has 2 fully saturated rings. The Morgan fingerprint density at radius 2 is 2.22 bits per heavy atom. The van der Waals surface area contributed by atoms with Crippen molar-refractivity contribution in [2.45, 2.75) is 43.9 Å². The number of hydrogen-bond donors (Lipinski definition) is 1. The van der Waals surface area contributed by atoms with Gasteiger partial charge in [-0.05, 0) is 19.3 Å². The predicted molar refractivity (Wildman–Crippen MR) is 60.9 cm³/mol. The maximum atomic E-state index is 13.8. The van der Waals surface area contributed by atoms with Crippen molar-refractivity contribution < 1.29 is 23.8 Å². The molecule has 2 rings (SSSR count). The fraction of sp³-hybridized carbons (Fsp3) is 0.833. The van der Waals surface area contributed by atoms with Gasteiger partial charge in [0.15, 0.2) is 0 Å². The van der Waals surface area contributed by atoms with E-state index in [1.165, 1.54) is 4.90 Å². The lowest BCUT2D eigenvalue weighted by Crippen LogP contribution is -2.40. The quantitative estimate of drug-likeness (QED) is 0.820. The van der Waals surface area contributed by atoms with Crippen molar-refractivity contribution in [1.29, 1.82) is 0 Å². The van der Waals surface area contributed by atoms with Crippen molar-refractivity contribution in [2.75, 3.05) is 19.7 Å². The van der Waals surface area contributed by atoms with Gasteiger partial charge >= 0.3 is 5.97 Å². The molecule has 0 spiro atoms. The molecule has 0 aliphatic carbocycles. The molecule has 0 aromatic carbocycles. The Morgan fingerprint density at radius 3 is 2.78 bits per heavy atom. The van der Waals surface area contributed by atoms with Gasteiger partial charge in [0.05, 0.1) is 19.1 Å². The number of carboxylic acids is 1. The molecule has 2 atom stereocenters. The summed E-state index contributed by atoms with van der Waals surface area (Å²) in [5.74, 6) is -1.69. The first-order valence-corrected chi connectivity index (χ1v) is 6.33. The summed E-state index contributed by atoms with van der Waals surface area (Å²) in [6.07, 6.45) is 2.92. The zero-order valence-electron chi connectivity index (χ0n) is 10.2. The average Bonchev–Trinajstić information content (AvgIpc) is 2.75. The topological polar surface area (TPSA) is 66.8 Å². The Labute approximate surface area is 105 Å². The predicted octanol–water partition coefficient (Wildman–Crippen LogP) is 0.971. The number of hydrogen-bond acceptors (Lipinski definition) is 3. The van der Waals surface area contributed by atoms with Gasteiger partial charge in [0.1, 0.15) is 0 Å². The number of carboxylic acid groups (broad SMARTS) is 1. The highest BCUT2D eigenvalue weighted by atomic mass is 19.1. The van der Waals surface area contributed by atoms with Crippen LogP contribution in [0.25, 0.3) is 0 Å². The van der Waals surface area contributed by atoms with E-state index in [1.54, 1.807) is 0 Å². The summed E-state index contributed by atoms with van der Waals surface area (Å²) in [7, 11) is 0. The third-order valence-corrected chi connectivity index (χ3v) is 3.63. The summed E-state index contributed by atoms with van der Waals surface area (Å²) in [4.78, 5) is 24.0. The summed E-state index contributed by atoms with van der Waals surface area (Å²) in [5.41, 5.74) is -2.27. The van der Waals surface area contributed by atoms with Crippen molar-refractivity contribution in [3.63, 3.8) is 0 Å². The van der Waals surface area contributed by atoms with Crippen molar-refractivity contribution in [3.8, 4) is 0 Å². The van der Waals surface area contributed by atoms with Gasteiger partial charge in [-0.15, -0.1) is 0 Å². The fourth-order valence-electron chi connectivity index (χ4n) is 2.45. The molecule has 6 heteroatoms. The minimum atomic E-state index is -2.27. The first kappa shape index (κ1) is 13.3. The monoisotopic (exact) mass is 259 g/mol. The lowest BCUT2D eigenvalue weighted by molar-refractivity contribution is -0.150. The van der Waals surface area contributed by atoms with E-state index < -0.39 is 11.6 Å². The Balaban J connectivity index is 1.85. The van der Waals surface area contributed by atoms with Crippen LogP contribution in [0.1, 0.15) is 32.1 Å². The zero-order valence-corrected chi connectivity index (χ0v) is 10.2. The zero-order chi connectivity index (χ0) is 13.2. The minimum absolute atomic E-state index is 0.0920. The molecule has 1 amide bonds. The SMILES string of the molecule is O=C(C[C@@H]1CCCCO1)N1CC[C@@](F)(C(=O)O)C1. The summed E-state index contributed by atoms with van der Waals surface area (Å²) >= 11 is 0. The van der Waals surface area contributed by atoms with Crippen LogP contribution < -0.4 is 0 Å². The van der Waals surface area contributed by atoms with Crippen LogP contribution in [0.3, 0.4) is 0 Å². The van der Waals surface area contributed by atoms with Crippen LogP contribution in [0.2, 0.25) is 0 Å². The number of rotatable bonds is 3. The van der Waals surface area contributed by atoms with Crippen molar-refractivity contribution in [3.05, 3.63) is 0 Å². The molecule has 0 unspecified atom stereocenters. The maximum absolute atomic E-state index is 13.8. The molecule has 0 bridgehead atoms. The summed E-state index contributed by atoms with van der Waals surface area (Å²) < 4.78 is 19.2. The third kappa shape index (κ3) is 2.80. The summed E-state index contributed by atoms with van der Waals surface area (Å²) in [6, 6.07) is 0. The van der Waals surface area contributed by atoms with E-state index in [1.807, 2.05) is 0 Å². The van der Waals surface area contributed by atoms with Gasteiger partial charge in [0.25, 0.3) is 0 Å². The second kappa shape index (κ2) is 5.22. The van der Waals surface area contributed by atoms with Gasteiger partial charge in [0, 0.05) is 19.6 Å². The summed E-state index contributed by atoms with van der Waals surface area (Å²) in [5, 5.41) is 8.76. The molecule has 18 heavy (non-hydrogen) atoms.